The van der Waals surface area contributed by atoms with Crippen molar-refractivity contribution in [1.82, 2.24) is 9.13 Å². The molecule has 0 aromatic carbocycles. The first-order valence-corrected chi connectivity index (χ1v) is 6.86. The quantitative estimate of drug-likeness (QED) is 0.416. The van der Waals surface area contributed by atoms with Crippen molar-refractivity contribution in [2.45, 2.75) is 38.3 Å². The number of aliphatic hydroxyl groups is 1. The van der Waals surface area contributed by atoms with Crippen LogP contribution in [0.3, 0.4) is 0 Å². The van der Waals surface area contributed by atoms with Crippen LogP contribution in [0, 0.1) is 6.92 Å². The highest BCUT2D eigenvalue weighted by Crippen LogP contribution is 2.29. The fourth-order valence-corrected chi connectivity index (χ4v) is 2.53. The van der Waals surface area contributed by atoms with Crippen molar-refractivity contribution >= 4 is 0 Å². The Balaban J connectivity index is 2.44. The predicted molar refractivity (Wildman–Crippen MR) is 77.3 cm³/mol. The van der Waals surface area contributed by atoms with E-state index in [2.05, 4.69) is 10.0 Å². The Labute approximate surface area is 125 Å². The number of hydrogen-bond donors (Lipinski definition) is 2. The molecule has 120 valence electrons. The van der Waals surface area contributed by atoms with E-state index in [1.807, 2.05) is 0 Å². The van der Waals surface area contributed by atoms with Crippen molar-refractivity contribution in [2.75, 3.05) is 13.2 Å². The van der Waals surface area contributed by atoms with E-state index in [1.54, 1.807) is 6.92 Å². The summed E-state index contributed by atoms with van der Waals surface area (Å²) in [5.41, 5.74) is 13.4. The van der Waals surface area contributed by atoms with E-state index in [-0.39, 0.29) is 26.1 Å². The third-order valence-electron chi connectivity index (χ3n) is 3.61. The van der Waals surface area contributed by atoms with Gasteiger partial charge in [0.2, 0.25) is 0 Å². The SMILES string of the molecule is Cc1cn([C@H]2C[C@H](N=[N+]=[N-])[C@@H](CO)O2)c(=O)n(CCN)c1=O. The fraction of sp³-hybridized carbons (Fsp3) is 0.667. The van der Waals surface area contributed by atoms with Crippen LogP contribution >= 0.6 is 0 Å². The molecule has 1 aliphatic rings. The third-order valence-corrected chi connectivity index (χ3v) is 3.61. The van der Waals surface area contributed by atoms with E-state index >= 15 is 0 Å². The number of rotatable bonds is 5. The van der Waals surface area contributed by atoms with E-state index in [4.69, 9.17) is 16.0 Å². The molecule has 0 spiro atoms. The number of aromatic nitrogens is 2. The Kier molecular flexibility index (Phi) is 4.99. The van der Waals surface area contributed by atoms with Gasteiger partial charge in [-0.05, 0) is 12.5 Å². The third kappa shape index (κ3) is 2.90. The van der Waals surface area contributed by atoms with Crippen LogP contribution in [0.25, 0.3) is 10.4 Å². The highest BCUT2D eigenvalue weighted by molar-refractivity contribution is 5.04. The molecule has 10 nitrogen and oxygen atoms in total. The maximum Gasteiger partial charge on any atom is 0.333 e. The summed E-state index contributed by atoms with van der Waals surface area (Å²) < 4.78 is 7.90. The van der Waals surface area contributed by atoms with Crippen molar-refractivity contribution in [3.8, 4) is 0 Å². The van der Waals surface area contributed by atoms with Crippen molar-refractivity contribution < 1.29 is 9.84 Å². The van der Waals surface area contributed by atoms with E-state index < -0.39 is 29.6 Å². The largest absolute Gasteiger partial charge is 0.394 e. The van der Waals surface area contributed by atoms with Gasteiger partial charge in [0, 0.05) is 36.2 Å². The first kappa shape index (κ1) is 16.2. The van der Waals surface area contributed by atoms with Crippen LogP contribution in [0.5, 0.6) is 0 Å². The molecule has 1 saturated heterocycles. The summed E-state index contributed by atoms with van der Waals surface area (Å²) in [4.78, 5) is 27.1. The van der Waals surface area contributed by atoms with Gasteiger partial charge in [-0.15, -0.1) is 0 Å². The molecule has 3 atom stereocenters. The van der Waals surface area contributed by atoms with Gasteiger partial charge in [-0.2, -0.15) is 0 Å². The minimum Gasteiger partial charge on any atom is -0.394 e. The number of aryl methyl sites for hydroxylation is 1. The van der Waals surface area contributed by atoms with E-state index in [9.17, 15) is 14.7 Å². The van der Waals surface area contributed by atoms with Crippen LogP contribution in [0.4, 0.5) is 0 Å². The molecule has 3 N–H and O–H groups in total. The minimum absolute atomic E-state index is 0.106. The van der Waals surface area contributed by atoms with Crippen LogP contribution in [0.2, 0.25) is 0 Å². The molecule has 1 aliphatic heterocycles. The summed E-state index contributed by atoms with van der Waals surface area (Å²) >= 11 is 0. The van der Waals surface area contributed by atoms with Gasteiger partial charge in [0.05, 0.1) is 18.8 Å². The average Bonchev–Trinajstić information content (AvgIpc) is 2.90. The van der Waals surface area contributed by atoms with Gasteiger partial charge in [0.1, 0.15) is 6.23 Å². The number of hydrogen-bond acceptors (Lipinski definition) is 6. The molecule has 2 rings (SSSR count). The van der Waals surface area contributed by atoms with Gasteiger partial charge in [0.25, 0.3) is 5.56 Å². The summed E-state index contributed by atoms with van der Waals surface area (Å²) in [6, 6.07) is -0.568. The molecular formula is C12H18N6O4. The Bertz CT molecular complexity index is 705. The van der Waals surface area contributed by atoms with E-state index in [1.165, 1.54) is 10.8 Å². The predicted octanol–water partition coefficient (Wildman–Crippen LogP) is -0.764. The zero-order valence-electron chi connectivity index (χ0n) is 12.1. The Morgan fingerprint density at radius 2 is 2.32 bits per heavy atom. The summed E-state index contributed by atoms with van der Waals surface area (Å²) in [6.45, 7) is 1.53. The van der Waals surface area contributed by atoms with Crippen LogP contribution in [-0.2, 0) is 11.3 Å². The lowest BCUT2D eigenvalue weighted by Crippen LogP contribution is -2.43. The summed E-state index contributed by atoms with van der Waals surface area (Å²) in [5, 5.41) is 12.8. The Hall–Kier alpha value is -2.13. The first-order valence-electron chi connectivity index (χ1n) is 6.86. The molecule has 22 heavy (non-hydrogen) atoms. The highest BCUT2D eigenvalue weighted by atomic mass is 16.5. The zero-order chi connectivity index (χ0) is 16.3. The summed E-state index contributed by atoms with van der Waals surface area (Å²) in [7, 11) is 0. The van der Waals surface area contributed by atoms with Gasteiger partial charge < -0.3 is 15.6 Å². The van der Waals surface area contributed by atoms with Gasteiger partial charge in [-0.3, -0.25) is 13.9 Å². The summed E-state index contributed by atoms with van der Waals surface area (Å²) in [6.07, 6.45) is 0.275. The fourth-order valence-electron chi connectivity index (χ4n) is 2.53. The lowest BCUT2D eigenvalue weighted by atomic mass is 10.1. The average molecular weight is 310 g/mol. The standard InChI is InChI=1S/C12H18N6O4/c1-7-5-18(12(21)17(3-2-13)11(7)20)10-4-8(15-16-14)9(6-19)22-10/h5,8-10,19H,2-4,6,13H2,1H3/t8-,9+,10+/m0/s1. The van der Waals surface area contributed by atoms with Crippen LogP contribution < -0.4 is 17.0 Å². The van der Waals surface area contributed by atoms with Crippen LogP contribution in [-0.4, -0.2) is 39.5 Å². The topological polar surface area (TPSA) is 148 Å². The molecule has 1 aromatic heterocycles. The molecule has 0 aliphatic carbocycles. The normalized spacial score (nSPS) is 24.2. The second kappa shape index (κ2) is 6.75. The second-order valence-electron chi connectivity index (χ2n) is 5.07. The molecule has 0 amide bonds. The van der Waals surface area contributed by atoms with Crippen LogP contribution in [0.15, 0.2) is 20.9 Å². The number of aliphatic hydroxyl groups excluding tert-OH is 1. The maximum atomic E-state index is 12.4. The number of nitrogens with zero attached hydrogens (tertiary/aromatic N) is 5. The molecular weight excluding hydrogens is 292 g/mol. The van der Waals surface area contributed by atoms with Crippen molar-refractivity contribution in [3.63, 3.8) is 0 Å². The molecule has 1 aromatic rings. The monoisotopic (exact) mass is 310 g/mol. The Morgan fingerprint density at radius 1 is 1.59 bits per heavy atom. The van der Waals surface area contributed by atoms with Crippen molar-refractivity contribution in [3.05, 3.63) is 43.0 Å². The number of nitrogens with two attached hydrogens (primary N) is 1. The van der Waals surface area contributed by atoms with Gasteiger partial charge in [-0.25, -0.2) is 4.79 Å². The molecule has 10 heteroatoms. The molecule has 1 fully saturated rings. The lowest BCUT2D eigenvalue weighted by Gasteiger charge is -2.17. The highest BCUT2D eigenvalue weighted by Gasteiger charge is 2.36. The molecule has 0 unspecified atom stereocenters. The zero-order valence-corrected chi connectivity index (χ0v) is 12.1. The number of ether oxygens (including phenoxy) is 1. The second-order valence-corrected chi connectivity index (χ2v) is 5.07. The molecule has 2 heterocycles. The summed E-state index contributed by atoms with van der Waals surface area (Å²) in [5.74, 6) is 0. The lowest BCUT2D eigenvalue weighted by molar-refractivity contribution is -0.0277. The van der Waals surface area contributed by atoms with Crippen molar-refractivity contribution in [2.24, 2.45) is 10.8 Å². The molecule has 0 bridgehead atoms. The first-order chi connectivity index (χ1) is 10.5. The van der Waals surface area contributed by atoms with Gasteiger partial charge >= 0.3 is 5.69 Å². The molecule has 0 saturated carbocycles. The molecule has 0 radical (unpaired) electrons. The van der Waals surface area contributed by atoms with Gasteiger partial charge in [0.15, 0.2) is 0 Å². The van der Waals surface area contributed by atoms with Crippen molar-refractivity contribution in [1.29, 1.82) is 0 Å². The van der Waals surface area contributed by atoms with E-state index in [0.717, 1.165) is 4.57 Å². The van der Waals surface area contributed by atoms with Gasteiger partial charge in [-0.1, -0.05) is 5.11 Å². The smallest absolute Gasteiger partial charge is 0.333 e. The minimum atomic E-state index is -0.705. The number of azide groups is 1. The van der Waals surface area contributed by atoms with Crippen LogP contribution in [0.1, 0.15) is 18.2 Å². The maximum absolute atomic E-state index is 12.4. The van der Waals surface area contributed by atoms with E-state index in [0.29, 0.717) is 5.56 Å². The Morgan fingerprint density at radius 3 is 2.91 bits per heavy atom.